The maximum atomic E-state index is 12.8. The number of hydrogen-bond acceptors (Lipinski definition) is 5. The largest absolute Gasteiger partial charge is 0.480 e. The van der Waals surface area contributed by atoms with Crippen LogP contribution in [0.1, 0.15) is 62.0 Å². The SMILES string of the molecule is C[C@@H]1C[C@@H](C(=O)O)n2c1ncc(N[C@@H]1CC[C@@H](c3ccccn3)C1)c2=O. The summed E-state index contributed by atoms with van der Waals surface area (Å²) in [5, 5.41) is 12.7. The van der Waals surface area contributed by atoms with Crippen molar-refractivity contribution in [3.8, 4) is 0 Å². The first-order valence-electron chi connectivity index (χ1n) is 9.06. The summed E-state index contributed by atoms with van der Waals surface area (Å²) in [6.07, 6.45) is 6.64. The van der Waals surface area contributed by atoms with Crippen LogP contribution in [0, 0.1) is 0 Å². The Morgan fingerprint density at radius 3 is 2.85 bits per heavy atom. The normalized spacial score (nSPS) is 27.3. The molecule has 26 heavy (non-hydrogen) atoms. The quantitative estimate of drug-likeness (QED) is 0.876. The van der Waals surface area contributed by atoms with E-state index in [1.165, 1.54) is 4.57 Å². The van der Waals surface area contributed by atoms with Gasteiger partial charge in [-0.15, -0.1) is 0 Å². The molecule has 0 radical (unpaired) electrons. The molecule has 1 fully saturated rings. The van der Waals surface area contributed by atoms with Gasteiger partial charge in [-0.2, -0.15) is 0 Å². The monoisotopic (exact) mass is 354 g/mol. The predicted octanol–water partition coefficient (Wildman–Crippen LogP) is 2.52. The maximum Gasteiger partial charge on any atom is 0.326 e. The topological polar surface area (TPSA) is 97.1 Å². The molecule has 1 aliphatic carbocycles. The number of aromatic nitrogens is 3. The van der Waals surface area contributed by atoms with E-state index >= 15 is 0 Å². The summed E-state index contributed by atoms with van der Waals surface area (Å²) in [4.78, 5) is 33.2. The lowest BCUT2D eigenvalue weighted by Gasteiger charge is -2.16. The Balaban J connectivity index is 1.54. The number of carboxylic acids is 1. The van der Waals surface area contributed by atoms with E-state index in [-0.39, 0.29) is 17.5 Å². The van der Waals surface area contributed by atoms with Crippen LogP contribution in [-0.2, 0) is 4.79 Å². The molecule has 3 heterocycles. The van der Waals surface area contributed by atoms with Crippen molar-refractivity contribution in [2.75, 3.05) is 5.32 Å². The Kier molecular flexibility index (Phi) is 4.22. The number of nitrogens with zero attached hydrogens (tertiary/aromatic N) is 3. The molecule has 7 nitrogen and oxygen atoms in total. The number of carboxylic acid groups (broad SMARTS) is 1. The molecule has 0 spiro atoms. The minimum absolute atomic E-state index is 0.0298. The third-order valence-electron chi connectivity index (χ3n) is 5.53. The van der Waals surface area contributed by atoms with Gasteiger partial charge in [0.1, 0.15) is 17.6 Å². The van der Waals surface area contributed by atoms with Crippen LogP contribution in [-0.4, -0.2) is 31.7 Å². The molecule has 1 saturated carbocycles. The van der Waals surface area contributed by atoms with Crippen LogP contribution >= 0.6 is 0 Å². The van der Waals surface area contributed by atoms with Gasteiger partial charge in [0.05, 0.1) is 6.20 Å². The number of carbonyl (C=O) groups is 1. The average Bonchev–Trinajstić information content (AvgIpc) is 3.23. The van der Waals surface area contributed by atoms with Crippen LogP contribution in [0.2, 0.25) is 0 Å². The highest BCUT2D eigenvalue weighted by molar-refractivity contribution is 5.73. The first kappa shape index (κ1) is 16.8. The van der Waals surface area contributed by atoms with Crippen LogP contribution in [0.5, 0.6) is 0 Å². The zero-order chi connectivity index (χ0) is 18.3. The highest BCUT2D eigenvalue weighted by Crippen LogP contribution is 2.36. The van der Waals surface area contributed by atoms with Crippen molar-refractivity contribution < 1.29 is 9.90 Å². The lowest BCUT2D eigenvalue weighted by molar-refractivity contribution is -0.140. The van der Waals surface area contributed by atoms with Gasteiger partial charge < -0.3 is 10.4 Å². The van der Waals surface area contributed by atoms with Gasteiger partial charge in [-0.1, -0.05) is 13.0 Å². The summed E-state index contributed by atoms with van der Waals surface area (Å²) in [5.74, 6) is -0.0676. The van der Waals surface area contributed by atoms with E-state index in [9.17, 15) is 14.7 Å². The molecule has 2 aliphatic rings. The first-order valence-corrected chi connectivity index (χ1v) is 9.06. The number of fused-ring (bicyclic) bond motifs is 1. The summed E-state index contributed by atoms with van der Waals surface area (Å²) in [6, 6.07) is 5.28. The number of aliphatic carboxylic acids is 1. The van der Waals surface area contributed by atoms with Gasteiger partial charge in [0.25, 0.3) is 5.56 Å². The van der Waals surface area contributed by atoms with Crippen LogP contribution in [0.15, 0.2) is 35.4 Å². The van der Waals surface area contributed by atoms with E-state index < -0.39 is 12.0 Å². The smallest absolute Gasteiger partial charge is 0.326 e. The summed E-state index contributed by atoms with van der Waals surface area (Å²) < 4.78 is 1.35. The Morgan fingerprint density at radius 1 is 1.27 bits per heavy atom. The van der Waals surface area contributed by atoms with Gasteiger partial charge in [0.15, 0.2) is 0 Å². The van der Waals surface area contributed by atoms with Crippen molar-refractivity contribution in [1.29, 1.82) is 0 Å². The molecule has 0 aromatic carbocycles. The molecule has 136 valence electrons. The van der Waals surface area contributed by atoms with Gasteiger partial charge in [0, 0.05) is 29.8 Å². The molecular weight excluding hydrogens is 332 g/mol. The lowest BCUT2D eigenvalue weighted by atomic mass is 10.0. The molecule has 1 aliphatic heterocycles. The molecule has 2 aromatic heterocycles. The van der Waals surface area contributed by atoms with E-state index in [1.807, 2.05) is 25.1 Å². The highest BCUT2D eigenvalue weighted by Gasteiger charge is 2.36. The van der Waals surface area contributed by atoms with Crippen LogP contribution in [0.25, 0.3) is 0 Å². The number of anilines is 1. The minimum atomic E-state index is -0.979. The van der Waals surface area contributed by atoms with Crippen molar-refractivity contribution in [1.82, 2.24) is 14.5 Å². The highest BCUT2D eigenvalue weighted by atomic mass is 16.4. The molecule has 7 heteroatoms. The van der Waals surface area contributed by atoms with Gasteiger partial charge >= 0.3 is 5.97 Å². The van der Waals surface area contributed by atoms with Gasteiger partial charge in [-0.05, 0) is 37.8 Å². The summed E-state index contributed by atoms with van der Waals surface area (Å²) in [7, 11) is 0. The van der Waals surface area contributed by atoms with Gasteiger partial charge in [0.2, 0.25) is 0 Å². The third-order valence-corrected chi connectivity index (χ3v) is 5.53. The molecule has 2 N–H and O–H groups in total. The van der Waals surface area contributed by atoms with E-state index in [2.05, 4.69) is 15.3 Å². The van der Waals surface area contributed by atoms with E-state index in [0.29, 0.717) is 23.9 Å². The minimum Gasteiger partial charge on any atom is -0.480 e. The van der Waals surface area contributed by atoms with Gasteiger partial charge in [-0.25, -0.2) is 9.78 Å². The zero-order valence-electron chi connectivity index (χ0n) is 14.6. The fraction of sp³-hybridized carbons (Fsp3) is 0.474. The standard InChI is InChI=1S/C19H22N4O3/c1-11-8-16(19(25)26)23-17(11)21-10-15(18(23)24)22-13-6-5-12(9-13)14-4-2-3-7-20-14/h2-4,7,10-13,16,22H,5-6,8-9H2,1H3,(H,25,26)/t11-,12-,13-,16+/m1/s1. The number of rotatable bonds is 4. The fourth-order valence-electron chi connectivity index (χ4n) is 4.22. The number of pyridine rings is 1. The second-order valence-corrected chi connectivity index (χ2v) is 7.30. The lowest BCUT2D eigenvalue weighted by Crippen LogP contribution is -2.32. The van der Waals surface area contributed by atoms with Crippen molar-refractivity contribution in [2.45, 2.75) is 56.5 Å². The molecule has 0 bridgehead atoms. The van der Waals surface area contributed by atoms with Crippen molar-refractivity contribution in [3.05, 3.63) is 52.5 Å². The first-order chi connectivity index (χ1) is 12.5. The van der Waals surface area contributed by atoms with E-state index in [0.717, 1.165) is 25.0 Å². The number of hydrogen-bond donors (Lipinski definition) is 2. The Morgan fingerprint density at radius 2 is 2.12 bits per heavy atom. The Hall–Kier alpha value is -2.70. The fourth-order valence-corrected chi connectivity index (χ4v) is 4.22. The second-order valence-electron chi connectivity index (χ2n) is 7.30. The molecule has 2 aromatic rings. The summed E-state index contributed by atoms with van der Waals surface area (Å²) in [5.41, 5.74) is 1.19. The predicted molar refractivity (Wildman–Crippen MR) is 96.4 cm³/mol. The average molecular weight is 354 g/mol. The maximum absolute atomic E-state index is 12.8. The van der Waals surface area contributed by atoms with Crippen molar-refractivity contribution in [3.63, 3.8) is 0 Å². The Labute approximate surface area is 151 Å². The van der Waals surface area contributed by atoms with E-state index in [1.54, 1.807) is 12.4 Å². The molecule has 0 saturated heterocycles. The zero-order valence-corrected chi connectivity index (χ0v) is 14.6. The molecule has 0 amide bonds. The molecular formula is C19H22N4O3. The van der Waals surface area contributed by atoms with Crippen LogP contribution < -0.4 is 10.9 Å². The molecule has 0 unspecified atom stereocenters. The van der Waals surface area contributed by atoms with Crippen LogP contribution in [0.4, 0.5) is 5.69 Å². The second kappa shape index (κ2) is 6.55. The van der Waals surface area contributed by atoms with Crippen LogP contribution in [0.3, 0.4) is 0 Å². The van der Waals surface area contributed by atoms with Gasteiger partial charge in [-0.3, -0.25) is 14.3 Å². The third kappa shape index (κ3) is 2.87. The number of nitrogens with one attached hydrogen (secondary N) is 1. The van der Waals surface area contributed by atoms with Crippen molar-refractivity contribution >= 4 is 11.7 Å². The molecule has 4 rings (SSSR count). The summed E-state index contributed by atoms with van der Waals surface area (Å²) >= 11 is 0. The molecule has 4 atom stereocenters. The summed E-state index contributed by atoms with van der Waals surface area (Å²) in [6.45, 7) is 1.91. The Bertz CT molecular complexity index is 880. The van der Waals surface area contributed by atoms with E-state index in [4.69, 9.17) is 0 Å². The van der Waals surface area contributed by atoms with Crippen molar-refractivity contribution in [2.24, 2.45) is 0 Å².